The molecule has 0 bridgehead atoms. The van der Waals surface area contributed by atoms with E-state index in [1.165, 1.54) is 0 Å². The van der Waals surface area contributed by atoms with Gasteiger partial charge in [0.05, 0.1) is 0 Å². The second-order valence-corrected chi connectivity index (χ2v) is 6.99. The molecule has 0 N–H and O–H groups in total. The second-order valence-electron chi connectivity index (χ2n) is 6.99. The minimum absolute atomic E-state index is 0.399. The van der Waals surface area contributed by atoms with E-state index in [1.54, 1.807) is 0 Å². The molecule has 0 radical (unpaired) electrons. The molecule has 4 atom stereocenters. The summed E-state index contributed by atoms with van der Waals surface area (Å²) in [5, 5.41) is 0. The van der Waals surface area contributed by atoms with E-state index in [4.69, 9.17) is 0 Å². The number of rotatable bonds is 5. The molecule has 126 valence electrons. The molecule has 6 heteroatoms. The van der Waals surface area contributed by atoms with Gasteiger partial charge in [-0.15, -0.1) is 0 Å². The monoisotopic (exact) mass is 310 g/mol. The summed E-state index contributed by atoms with van der Waals surface area (Å²) >= 11 is 0. The Balaban J connectivity index is 1.89. The van der Waals surface area contributed by atoms with Gasteiger partial charge in [0, 0.05) is 63.4 Å². The van der Waals surface area contributed by atoms with Crippen LogP contribution in [-0.2, 0) is 9.59 Å². The molecule has 2 amide bonds. The Morgan fingerprint density at radius 3 is 1.18 bits per heavy atom. The fraction of sp³-hybridized carbons (Fsp3) is 0.875. The molecular weight excluding hydrogens is 280 g/mol. The molecule has 2 rings (SSSR count). The SMILES string of the molecule is CC1CN(C=O)CC(C)N1CCN1C(C)CN(C=O)CC1C. The molecule has 0 aliphatic carbocycles. The van der Waals surface area contributed by atoms with Crippen molar-refractivity contribution >= 4 is 12.8 Å². The van der Waals surface area contributed by atoms with Gasteiger partial charge in [-0.3, -0.25) is 19.4 Å². The van der Waals surface area contributed by atoms with E-state index in [2.05, 4.69) is 37.5 Å². The molecule has 2 heterocycles. The highest BCUT2D eigenvalue weighted by Gasteiger charge is 2.32. The Labute approximate surface area is 134 Å². The van der Waals surface area contributed by atoms with Crippen LogP contribution in [0, 0.1) is 0 Å². The van der Waals surface area contributed by atoms with Gasteiger partial charge in [-0.1, -0.05) is 0 Å². The molecule has 0 aromatic carbocycles. The first-order chi connectivity index (χ1) is 10.5. The predicted octanol–water partition coefficient (Wildman–Crippen LogP) is 0.0884. The maximum Gasteiger partial charge on any atom is 0.209 e. The highest BCUT2D eigenvalue weighted by Crippen LogP contribution is 2.18. The summed E-state index contributed by atoms with van der Waals surface area (Å²) in [5.41, 5.74) is 0. The van der Waals surface area contributed by atoms with Crippen LogP contribution in [-0.4, -0.2) is 95.9 Å². The molecule has 0 aromatic heterocycles. The molecule has 2 saturated heterocycles. The first-order valence-electron chi connectivity index (χ1n) is 8.36. The van der Waals surface area contributed by atoms with Crippen LogP contribution < -0.4 is 0 Å². The number of carbonyl (C=O) groups excluding carboxylic acids is 2. The van der Waals surface area contributed by atoms with Gasteiger partial charge in [0.1, 0.15) is 0 Å². The number of piperazine rings is 2. The smallest absolute Gasteiger partial charge is 0.209 e. The largest absolute Gasteiger partial charge is 0.342 e. The zero-order valence-electron chi connectivity index (χ0n) is 14.3. The lowest BCUT2D eigenvalue weighted by Crippen LogP contribution is -2.61. The molecule has 4 unspecified atom stereocenters. The van der Waals surface area contributed by atoms with Crippen molar-refractivity contribution in [2.75, 3.05) is 39.3 Å². The van der Waals surface area contributed by atoms with Gasteiger partial charge in [0.25, 0.3) is 0 Å². The van der Waals surface area contributed by atoms with Crippen molar-refractivity contribution in [1.82, 2.24) is 19.6 Å². The molecule has 6 nitrogen and oxygen atoms in total. The normalized spacial score (nSPS) is 34.7. The van der Waals surface area contributed by atoms with E-state index in [1.807, 2.05) is 9.80 Å². The number of nitrogens with zero attached hydrogens (tertiary/aromatic N) is 4. The van der Waals surface area contributed by atoms with Gasteiger partial charge >= 0.3 is 0 Å². The lowest BCUT2D eigenvalue weighted by molar-refractivity contribution is -0.124. The van der Waals surface area contributed by atoms with Crippen LogP contribution in [0.5, 0.6) is 0 Å². The van der Waals surface area contributed by atoms with Crippen molar-refractivity contribution in [3.05, 3.63) is 0 Å². The highest BCUT2D eigenvalue weighted by molar-refractivity contribution is 5.48. The highest BCUT2D eigenvalue weighted by atomic mass is 16.1. The standard InChI is InChI=1S/C16H30N4O2/c1-13-7-17(11-21)8-14(2)19(13)5-6-20-15(3)9-18(12-22)10-16(20)4/h11-16H,5-10H2,1-4H3. The first kappa shape index (κ1) is 17.2. The Morgan fingerprint density at radius 2 is 0.955 bits per heavy atom. The summed E-state index contributed by atoms with van der Waals surface area (Å²) in [4.78, 5) is 30.7. The minimum atomic E-state index is 0.399. The topological polar surface area (TPSA) is 47.1 Å². The Morgan fingerprint density at radius 1 is 0.682 bits per heavy atom. The molecule has 22 heavy (non-hydrogen) atoms. The number of carbonyl (C=O) groups is 2. The molecule has 2 aliphatic rings. The minimum Gasteiger partial charge on any atom is -0.342 e. The van der Waals surface area contributed by atoms with E-state index in [9.17, 15) is 9.59 Å². The van der Waals surface area contributed by atoms with Crippen molar-refractivity contribution in [3.8, 4) is 0 Å². The summed E-state index contributed by atoms with van der Waals surface area (Å²) in [6.45, 7) is 14.1. The zero-order valence-corrected chi connectivity index (χ0v) is 14.3. The third-order valence-corrected chi connectivity index (χ3v) is 5.17. The molecule has 2 fully saturated rings. The van der Waals surface area contributed by atoms with Crippen molar-refractivity contribution in [2.45, 2.75) is 51.9 Å². The van der Waals surface area contributed by atoms with Crippen LogP contribution in [0.3, 0.4) is 0 Å². The summed E-state index contributed by atoms with van der Waals surface area (Å²) in [7, 11) is 0. The van der Waals surface area contributed by atoms with Gasteiger partial charge in [-0.25, -0.2) is 0 Å². The Hall–Kier alpha value is -1.14. The van der Waals surface area contributed by atoms with Crippen molar-refractivity contribution in [3.63, 3.8) is 0 Å². The van der Waals surface area contributed by atoms with E-state index >= 15 is 0 Å². The van der Waals surface area contributed by atoms with Gasteiger partial charge in [-0.2, -0.15) is 0 Å². The average molecular weight is 310 g/mol. The maximum absolute atomic E-state index is 11.0. The van der Waals surface area contributed by atoms with Crippen molar-refractivity contribution in [2.24, 2.45) is 0 Å². The fourth-order valence-electron chi connectivity index (χ4n) is 4.08. The van der Waals surface area contributed by atoms with Crippen LogP contribution in [0.15, 0.2) is 0 Å². The van der Waals surface area contributed by atoms with Crippen LogP contribution in [0.25, 0.3) is 0 Å². The van der Waals surface area contributed by atoms with Gasteiger partial charge in [0.15, 0.2) is 0 Å². The van der Waals surface area contributed by atoms with E-state index < -0.39 is 0 Å². The lowest BCUT2D eigenvalue weighted by atomic mass is 10.1. The molecule has 0 spiro atoms. The second kappa shape index (κ2) is 7.42. The van der Waals surface area contributed by atoms with E-state index in [0.29, 0.717) is 24.2 Å². The number of hydrogen-bond acceptors (Lipinski definition) is 4. The van der Waals surface area contributed by atoms with Crippen LogP contribution in [0.1, 0.15) is 27.7 Å². The summed E-state index contributed by atoms with van der Waals surface area (Å²) in [6.07, 6.45) is 1.93. The third kappa shape index (κ3) is 3.79. The van der Waals surface area contributed by atoms with Crippen LogP contribution in [0.2, 0.25) is 0 Å². The van der Waals surface area contributed by atoms with Crippen LogP contribution >= 0.6 is 0 Å². The molecule has 0 saturated carbocycles. The summed E-state index contributed by atoms with van der Waals surface area (Å²) in [5.74, 6) is 0. The third-order valence-electron chi connectivity index (χ3n) is 5.17. The number of amides is 2. The van der Waals surface area contributed by atoms with Gasteiger partial charge in [0.2, 0.25) is 12.8 Å². The van der Waals surface area contributed by atoms with Gasteiger partial charge in [-0.05, 0) is 27.7 Å². The Kier molecular flexibility index (Phi) is 5.81. The maximum atomic E-state index is 11.0. The quantitative estimate of drug-likeness (QED) is 0.675. The first-order valence-corrected chi connectivity index (χ1v) is 8.36. The predicted molar refractivity (Wildman–Crippen MR) is 86.5 cm³/mol. The molecule has 0 aromatic rings. The number of hydrogen-bond donors (Lipinski definition) is 0. The summed E-state index contributed by atoms with van der Waals surface area (Å²) < 4.78 is 0. The van der Waals surface area contributed by atoms with Crippen molar-refractivity contribution < 1.29 is 9.59 Å². The zero-order chi connectivity index (χ0) is 16.3. The molecular formula is C16H30N4O2. The van der Waals surface area contributed by atoms with E-state index in [0.717, 1.165) is 52.1 Å². The van der Waals surface area contributed by atoms with Gasteiger partial charge < -0.3 is 9.80 Å². The molecule has 2 aliphatic heterocycles. The fourth-order valence-corrected chi connectivity index (χ4v) is 4.08. The summed E-state index contributed by atoms with van der Waals surface area (Å²) in [6, 6.07) is 1.60. The average Bonchev–Trinajstić information content (AvgIpc) is 2.47. The van der Waals surface area contributed by atoms with E-state index in [-0.39, 0.29) is 0 Å². The van der Waals surface area contributed by atoms with Crippen LogP contribution in [0.4, 0.5) is 0 Å². The lowest BCUT2D eigenvalue weighted by Gasteiger charge is -2.47. The van der Waals surface area contributed by atoms with Crippen molar-refractivity contribution in [1.29, 1.82) is 0 Å². The Bertz CT molecular complexity index is 332.